The van der Waals surface area contributed by atoms with Crippen LogP contribution in [0, 0.1) is 0 Å². The van der Waals surface area contributed by atoms with Crippen LogP contribution in [0.25, 0.3) is 0 Å². The molecule has 0 radical (unpaired) electrons. The van der Waals surface area contributed by atoms with Crippen LogP contribution in [0.5, 0.6) is 0 Å². The molecule has 1 N–H and O–H groups in total. The van der Waals surface area contributed by atoms with Gasteiger partial charge >= 0.3 is 114 Å². The standard InChI is InChI=1S/Mn.2Na.H2O3Se.H2O.3O/c;;;1-4(2)3;;;;/h;;;(H2,1,2,3);1H2;;;/q3*+1;;;;;/p-3. The van der Waals surface area contributed by atoms with Gasteiger partial charge in [0, 0.05) is 0 Å². The molecule has 0 aliphatic carbocycles. The Morgan fingerprint density at radius 1 is 1.09 bits per heavy atom. The van der Waals surface area contributed by atoms with E-state index in [9.17, 15) is 0 Å². The maximum absolute atomic E-state index is 8.69. The fourth-order valence-electron chi connectivity index (χ4n) is 0. The second-order valence-electron chi connectivity index (χ2n) is 0.600. The first-order chi connectivity index (χ1) is 3.73. The Kier molecular flexibility index (Phi) is 25.5. The van der Waals surface area contributed by atoms with E-state index in [-0.39, 0.29) is 59.1 Å². The third-order valence-electron chi connectivity index (χ3n) is 0. The summed E-state index contributed by atoms with van der Waals surface area (Å²) in [5.41, 5.74) is 0. The van der Waals surface area contributed by atoms with Gasteiger partial charge in [0.1, 0.15) is 0 Å². The quantitative estimate of drug-likeness (QED) is 0.438. The van der Waals surface area contributed by atoms with Gasteiger partial charge < -0.3 is 0 Å². The zero-order chi connectivity index (χ0) is 8.08. The van der Waals surface area contributed by atoms with Gasteiger partial charge in [-0.15, -0.1) is 0 Å². The number of rotatable bonds is 0. The fraction of sp³-hybridized carbons (Fsp3) is 0. The van der Waals surface area contributed by atoms with Crippen molar-refractivity contribution in [2.45, 2.75) is 0 Å². The summed E-state index contributed by atoms with van der Waals surface area (Å²) in [5.74, 6) is 0. The van der Waals surface area contributed by atoms with Gasteiger partial charge in [0.25, 0.3) is 0 Å². The Morgan fingerprint density at radius 2 is 1.09 bits per heavy atom. The van der Waals surface area contributed by atoms with Crippen LogP contribution in [0.15, 0.2) is 0 Å². The molecule has 0 aliphatic rings. The molecule has 0 amide bonds. The van der Waals surface area contributed by atoms with Crippen LogP contribution >= 0.6 is 0 Å². The molecule has 0 spiro atoms. The van der Waals surface area contributed by atoms with Crippen LogP contribution in [0.3, 0.4) is 0 Å². The summed E-state index contributed by atoms with van der Waals surface area (Å²) in [4.78, 5) is 0. The van der Waals surface area contributed by atoms with Gasteiger partial charge in [-0.25, -0.2) is 0 Å². The third-order valence-corrected chi connectivity index (χ3v) is 0. The molecule has 0 fully saturated rings. The van der Waals surface area contributed by atoms with Crippen molar-refractivity contribution in [3.8, 4) is 0 Å². The summed E-state index contributed by atoms with van der Waals surface area (Å²) in [6, 6.07) is 0. The van der Waals surface area contributed by atoms with E-state index < -0.39 is 27.5 Å². The van der Waals surface area contributed by atoms with Crippen LogP contribution in [-0.4, -0.2) is 18.7 Å². The summed E-state index contributed by atoms with van der Waals surface area (Å²) in [6.45, 7) is 0. The van der Waals surface area contributed by atoms with E-state index in [0.717, 1.165) is 0 Å². The zero-order valence-electron chi connectivity index (χ0n) is 5.68. The van der Waals surface area contributed by atoms with E-state index in [1.54, 1.807) is 0 Å². The van der Waals surface area contributed by atoms with Gasteiger partial charge in [-0.1, -0.05) is 0 Å². The third kappa shape index (κ3) is 276. The Balaban J connectivity index is -0.0000000383. The summed E-state index contributed by atoms with van der Waals surface area (Å²) in [7, 11) is 0. The molecule has 11 heavy (non-hydrogen) atoms. The summed E-state index contributed by atoms with van der Waals surface area (Å²) < 4.78 is 58.7. The molecular weight excluding hydrogens is 292 g/mol. The van der Waals surface area contributed by atoms with Crippen molar-refractivity contribution < 1.29 is 100.0 Å². The Hall–Kier alpha value is 2.12. The van der Waals surface area contributed by atoms with Crippen LogP contribution in [-0.2, 0) is 28.3 Å². The molecule has 0 aromatic heterocycles. The molecular formula is HMnNa2O7Se. The first-order valence-corrected chi connectivity index (χ1v) is 5.20. The van der Waals surface area contributed by atoms with Crippen LogP contribution in [0.1, 0.15) is 0 Å². The van der Waals surface area contributed by atoms with E-state index in [1.807, 2.05) is 0 Å². The monoisotopic (exact) mass is 294 g/mol. The molecule has 0 aromatic carbocycles. The van der Waals surface area contributed by atoms with Crippen LogP contribution in [0.2, 0.25) is 0 Å². The fourth-order valence-corrected chi connectivity index (χ4v) is 0. The first-order valence-electron chi connectivity index (χ1n) is 1.13. The maximum atomic E-state index is 8.69. The normalized spacial score (nSPS) is 8.36. The van der Waals surface area contributed by atoms with E-state index >= 15 is 0 Å². The summed E-state index contributed by atoms with van der Waals surface area (Å²) >= 11 is -9.17. The molecule has 0 unspecified atom stereocenters. The summed E-state index contributed by atoms with van der Waals surface area (Å²) in [5, 5.41) is 0. The topological polar surface area (TPSA) is 135 Å². The SMILES string of the molecule is O=[Se]([O-])[O-].[Na+].[Na+].[O]=[Mn](=[O])(=[O])[OH]. The van der Waals surface area contributed by atoms with Gasteiger partial charge in [0.2, 0.25) is 0 Å². The van der Waals surface area contributed by atoms with Gasteiger partial charge in [-0.2, -0.15) is 0 Å². The van der Waals surface area contributed by atoms with Crippen molar-refractivity contribution in [1.82, 2.24) is 0 Å². The van der Waals surface area contributed by atoms with E-state index in [2.05, 4.69) is 0 Å². The molecule has 58 valence electrons. The molecule has 11 heteroatoms. The molecule has 0 saturated carbocycles. The van der Waals surface area contributed by atoms with Crippen LogP contribution in [0.4, 0.5) is 0 Å². The number of hydrogen-bond donors (Lipinski definition) is 1. The van der Waals surface area contributed by atoms with Crippen molar-refractivity contribution >= 4 is 14.5 Å². The Labute approximate surface area is 113 Å². The van der Waals surface area contributed by atoms with Crippen molar-refractivity contribution in [2.24, 2.45) is 0 Å². The van der Waals surface area contributed by atoms with Crippen molar-refractivity contribution in [1.29, 1.82) is 0 Å². The van der Waals surface area contributed by atoms with Crippen molar-refractivity contribution in [3.05, 3.63) is 0 Å². The molecule has 7 nitrogen and oxygen atoms in total. The minimum atomic E-state index is -5.38. The molecule has 0 rings (SSSR count). The Morgan fingerprint density at radius 3 is 1.09 bits per heavy atom. The van der Waals surface area contributed by atoms with E-state index in [0.29, 0.717) is 0 Å². The first kappa shape index (κ1) is 23.2. The molecule has 0 aliphatic heterocycles. The summed E-state index contributed by atoms with van der Waals surface area (Å²) in [6.07, 6.45) is 0. The average molecular weight is 293 g/mol. The average Bonchev–Trinajstić information content (AvgIpc) is 1.19. The Bertz CT molecular complexity index is 202. The van der Waals surface area contributed by atoms with Crippen molar-refractivity contribution in [2.75, 3.05) is 0 Å². The molecule has 0 atom stereocenters. The van der Waals surface area contributed by atoms with E-state index in [1.165, 1.54) is 0 Å². The molecule has 0 heterocycles. The van der Waals surface area contributed by atoms with Crippen molar-refractivity contribution in [3.63, 3.8) is 0 Å². The predicted molar refractivity (Wildman–Crippen MR) is 10.7 cm³/mol. The molecule has 0 aromatic rings. The van der Waals surface area contributed by atoms with Gasteiger partial charge in [-0.05, 0) is 0 Å². The molecule has 0 bridgehead atoms. The van der Waals surface area contributed by atoms with Gasteiger partial charge in [-0.3, -0.25) is 0 Å². The van der Waals surface area contributed by atoms with Gasteiger partial charge in [0.05, 0.1) is 0 Å². The predicted octanol–water partition coefficient (Wildman–Crippen LogP) is -9.79. The second kappa shape index (κ2) is 12.1. The van der Waals surface area contributed by atoms with E-state index in [4.69, 9.17) is 27.9 Å². The number of hydrogen-bond acceptors (Lipinski definition) is 6. The zero-order valence-corrected chi connectivity index (χ0v) is 12.6. The minimum absolute atomic E-state index is 0. The molecule has 0 saturated heterocycles. The van der Waals surface area contributed by atoms with Gasteiger partial charge in [0.15, 0.2) is 0 Å². The second-order valence-corrected chi connectivity index (χ2v) is 2.69. The van der Waals surface area contributed by atoms with Crippen LogP contribution < -0.4 is 67.5 Å².